The molecule has 0 aliphatic rings. The van der Waals surface area contributed by atoms with Crippen LogP contribution in [0.2, 0.25) is 0 Å². The normalized spacial score (nSPS) is 14.5. The van der Waals surface area contributed by atoms with Gasteiger partial charge in [0, 0.05) is 26.3 Å². The fraction of sp³-hybridized carbons (Fsp3) is 0.500. The summed E-state index contributed by atoms with van der Waals surface area (Å²) in [5.74, 6) is -4.76. The van der Waals surface area contributed by atoms with Crippen LogP contribution in [0.1, 0.15) is 95.8 Å². The first-order valence-electron chi connectivity index (χ1n) is 24.5. The van der Waals surface area contributed by atoms with Crippen molar-refractivity contribution < 1.29 is 38.7 Å². The molecule has 0 heterocycles. The number of primary amides is 1. The highest BCUT2D eigenvalue weighted by molar-refractivity contribution is 5.95. The number of hydrogen-bond acceptors (Lipinski definition) is 10. The van der Waals surface area contributed by atoms with Crippen LogP contribution in [0, 0.1) is 11.8 Å². The van der Waals surface area contributed by atoms with E-state index in [-0.39, 0.29) is 62.9 Å². The van der Waals surface area contributed by atoms with Crippen molar-refractivity contribution in [1.82, 2.24) is 31.9 Å². The van der Waals surface area contributed by atoms with Gasteiger partial charge in [0.2, 0.25) is 41.4 Å². The van der Waals surface area contributed by atoms with Gasteiger partial charge >= 0.3 is 0 Å². The summed E-state index contributed by atoms with van der Waals surface area (Å²) >= 11 is 0. The van der Waals surface area contributed by atoms with Crippen molar-refractivity contribution in [3.05, 3.63) is 108 Å². The molecule has 0 radical (unpaired) electrons. The number of aliphatic hydroxyl groups is 1. The van der Waals surface area contributed by atoms with Crippen molar-refractivity contribution in [3.63, 3.8) is 0 Å². The number of unbranched alkanes of at least 4 members (excludes halogenated alkanes) is 1. The number of aliphatic imine (C=N–C) groups is 1. The fourth-order valence-electron chi connectivity index (χ4n) is 8.15. The van der Waals surface area contributed by atoms with Crippen LogP contribution in [-0.4, -0.2) is 108 Å². The van der Waals surface area contributed by atoms with Crippen LogP contribution >= 0.6 is 0 Å². The highest BCUT2D eigenvalue weighted by Gasteiger charge is 2.34. The Hall–Kier alpha value is -6.86. The molecule has 3 rings (SSSR count). The van der Waals surface area contributed by atoms with Crippen LogP contribution < -0.4 is 54.8 Å². The monoisotopic (exact) mass is 984 g/mol. The molecule has 0 aliphatic heterocycles. The predicted molar refractivity (Wildman–Crippen MR) is 274 cm³/mol. The molecule has 0 fully saturated rings. The van der Waals surface area contributed by atoms with Gasteiger partial charge in [0.1, 0.15) is 30.2 Å². The van der Waals surface area contributed by atoms with Gasteiger partial charge in [-0.1, -0.05) is 112 Å². The third-order valence-corrected chi connectivity index (χ3v) is 11.7. The topological polar surface area (TPSA) is 328 Å². The second-order valence-electron chi connectivity index (χ2n) is 18.6. The minimum atomic E-state index is -1.47. The zero-order valence-corrected chi connectivity index (χ0v) is 41.6. The molecule has 0 saturated carbocycles. The zero-order valence-electron chi connectivity index (χ0n) is 41.6. The summed E-state index contributed by atoms with van der Waals surface area (Å²) in [5, 5.41) is 28.6. The first-order chi connectivity index (χ1) is 33.8. The fourth-order valence-corrected chi connectivity index (χ4v) is 8.15. The number of nitrogens with two attached hydrogens (primary N) is 4. The molecule has 3 aromatic rings. The molecule has 19 nitrogen and oxygen atoms in total. The third kappa shape index (κ3) is 23.1. The van der Waals surface area contributed by atoms with Crippen molar-refractivity contribution in [1.29, 1.82) is 0 Å². The van der Waals surface area contributed by atoms with Crippen LogP contribution in [0.15, 0.2) is 96.0 Å². The lowest BCUT2D eigenvalue weighted by Crippen LogP contribution is -2.59. The second kappa shape index (κ2) is 31.4. The average molecular weight is 984 g/mol. The van der Waals surface area contributed by atoms with Gasteiger partial charge in [-0.25, -0.2) is 0 Å². The van der Waals surface area contributed by atoms with Crippen molar-refractivity contribution in [3.8, 4) is 0 Å². The van der Waals surface area contributed by atoms with Gasteiger partial charge in [0.25, 0.3) is 0 Å². The summed E-state index contributed by atoms with van der Waals surface area (Å²) in [5.41, 5.74) is 24.7. The van der Waals surface area contributed by atoms with Crippen LogP contribution in [-0.2, 0) is 52.8 Å². The molecule has 0 aliphatic carbocycles. The van der Waals surface area contributed by atoms with E-state index in [2.05, 4.69) is 36.9 Å². The number of hydrogen-bond donors (Lipinski definition) is 11. The standard InChI is InChI=1S/C52H77N11O8/c1-33(2)27-42(49(69)60-39(47(54)67)24-16-26-57-52(55)56)59-46(66)32-45(65)41(29-34(3)28-36-17-8-5-9-18-36)62-51(71)44(31-38-21-12-7-13-22-38)63-48(68)40(23-14-15-25-53)61-50(70)43(58-35(4)64)30-37-19-10-6-11-20-37/h5-13,17-22,33-34,39-45,65H,14-16,23-32,53H2,1-4H3,(H2,54,67)(H,58,64)(H,59,66)(H,60,69)(H,61,70)(H,62,71)(H,63,68)(H4,55,56,57)/t34?,39-,40-,41-,42-,43-,44-,45-/m0/s1. The Labute approximate surface area is 417 Å². The summed E-state index contributed by atoms with van der Waals surface area (Å²) in [6, 6.07) is 21.2. The number of carbonyl (C=O) groups is 7. The van der Waals surface area contributed by atoms with E-state index in [4.69, 9.17) is 22.9 Å². The smallest absolute Gasteiger partial charge is 0.243 e. The lowest BCUT2D eigenvalue weighted by molar-refractivity contribution is -0.134. The van der Waals surface area contributed by atoms with Crippen LogP contribution in [0.4, 0.5) is 0 Å². The van der Waals surface area contributed by atoms with Gasteiger partial charge in [-0.05, 0) is 86.4 Å². The van der Waals surface area contributed by atoms with E-state index in [0.29, 0.717) is 37.8 Å². The molecule has 19 heteroatoms. The van der Waals surface area contributed by atoms with Gasteiger partial charge in [0.05, 0.1) is 18.6 Å². The zero-order chi connectivity index (χ0) is 52.3. The Morgan fingerprint density at radius 3 is 1.52 bits per heavy atom. The second-order valence-corrected chi connectivity index (χ2v) is 18.6. The number of aliphatic hydroxyl groups excluding tert-OH is 1. The lowest BCUT2D eigenvalue weighted by Gasteiger charge is -2.30. The number of nitrogens with zero attached hydrogens (tertiary/aromatic N) is 1. The molecule has 7 amide bonds. The first-order valence-corrected chi connectivity index (χ1v) is 24.5. The first kappa shape index (κ1) is 58.5. The van der Waals surface area contributed by atoms with Crippen molar-refractivity contribution in [2.45, 2.75) is 141 Å². The molecule has 1 unspecified atom stereocenters. The van der Waals surface area contributed by atoms with E-state index < -0.39 is 90.1 Å². The molecular weight excluding hydrogens is 907 g/mol. The highest BCUT2D eigenvalue weighted by Crippen LogP contribution is 2.19. The Morgan fingerprint density at radius 2 is 1.01 bits per heavy atom. The quantitative estimate of drug-likeness (QED) is 0.0239. The summed E-state index contributed by atoms with van der Waals surface area (Å²) in [6.07, 6.45) is 0.861. The maximum atomic E-state index is 14.6. The van der Waals surface area contributed by atoms with E-state index >= 15 is 0 Å². The number of rotatable bonds is 32. The van der Waals surface area contributed by atoms with E-state index in [1.165, 1.54) is 6.92 Å². The molecule has 15 N–H and O–H groups in total. The van der Waals surface area contributed by atoms with E-state index in [9.17, 15) is 38.7 Å². The Kier molecular flexibility index (Phi) is 25.8. The van der Waals surface area contributed by atoms with Gasteiger partial charge in [-0.15, -0.1) is 0 Å². The number of guanidine groups is 1. The number of benzene rings is 3. The Balaban J connectivity index is 1.91. The summed E-state index contributed by atoms with van der Waals surface area (Å²) in [6.45, 7) is 7.53. The highest BCUT2D eigenvalue weighted by atomic mass is 16.3. The van der Waals surface area contributed by atoms with Gasteiger partial charge in [-0.2, -0.15) is 0 Å². The van der Waals surface area contributed by atoms with E-state index in [1.54, 1.807) is 24.3 Å². The molecular formula is C52H77N11O8. The van der Waals surface area contributed by atoms with Crippen LogP contribution in [0.3, 0.4) is 0 Å². The maximum Gasteiger partial charge on any atom is 0.243 e. The van der Waals surface area contributed by atoms with Crippen molar-refractivity contribution >= 4 is 47.3 Å². The van der Waals surface area contributed by atoms with Gasteiger partial charge in [-0.3, -0.25) is 38.6 Å². The number of carbonyl (C=O) groups excluding carboxylic acids is 7. The van der Waals surface area contributed by atoms with Crippen LogP contribution in [0.25, 0.3) is 0 Å². The Bertz CT molecular complexity index is 2160. The van der Waals surface area contributed by atoms with Crippen molar-refractivity contribution in [2.24, 2.45) is 39.8 Å². The molecule has 0 bridgehead atoms. The van der Waals surface area contributed by atoms with Gasteiger partial charge in [0.15, 0.2) is 5.96 Å². The molecule has 0 aromatic heterocycles. The maximum absolute atomic E-state index is 14.6. The molecule has 8 atom stereocenters. The summed E-state index contributed by atoms with van der Waals surface area (Å²) in [4.78, 5) is 98.7. The summed E-state index contributed by atoms with van der Waals surface area (Å²) < 4.78 is 0. The van der Waals surface area contributed by atoms with E-state index in [1.807, 2.05) is 87.5 Å². The molecule has 0 spiro atoms. The Morgan fingerprint density at radius 1 is 0.549 bits per heavy atom. The minimum Gasteiger partial charge on any atom is -0.390 e. The van der Waals surface area contributed by atoms with Gasteiger partial charge < -0.3 is 59.9 Å². The SMILES string of the molecule is CC(=O)N[C@@H](Cc1ccccc1)C(=O)N[C@@H](CCCCN)C(=O)N[C@@H](Cc1ccccc1)C(=O)N[C@@H](CC(C)Cc1ccccc1)[C@@H](O)CC(=O)N[C@@H](CC(C)C)C(=O)N[C@@H](CCCN=C(N)N)C(N)=O. The molecule has 3 aromatic carbocycles. The predicted octanol–water partition coefficient (Wildman–Crippen LogP) is 1.13. The van der Waals surface area contributed by atoms with Crippen molar-refractivity contribution in [2.75, 3.05) is 13.1 Å². The van der Waals surface area contributed by atoms with E-state index in [0.717, 1.165) is 11.1 Å². The third-order valence-electron chi connectivity index (χ3n) is 11.7. The minimum absolute atomic E-state index is 0.0276. The molecule has 71 heavy (non-hydrogen) atoms. The van der Waals surface area contributed by atoms with Crippen LogP contribution in [0.5, 0.6) is 0 Å². The molecule has 0 saturated heterocycles. The number of nitrogens with one attached hydrogen (secondary N) is 6. The summed E-state index contributed by atoms with van der Waals surface area (Å²) in [7, 11) is 0. The number of amides is 7. The average Bonchev–Trinajstić information content (AvgIpc) is 3.31. The largest absolute Gasteiger partial charge is 0.390 e. The molecule has 388 valence electrons. The lowest BCUT2D eigenvalue weighted by atomic mass is 9.90.